The highest BCUT2D eigenvalue weighted by molar-refractivity contribution is 8.00. The first-order chi connectivity index (χ1) is 12.5. The number of benzene rings is 1. The summed E-state index contributed by atoms with van der Waals surface area (Å²) >= 11 is 1.70. The van der Waals surface area contributed by atoms with E-state index in [1.165, 1.54) is 5.56 Å². The van der Waals surface area contributed by atoms with Crippen molar-refractivity contribution >= 4 is 23.6 Å². The molecule has 2 atom stereocenters. The maximum absolute atomic E-state index is 13.4. The third-order valence-corrected chi connectivity index (χ3v) is 6.58. The minimum Gasteiger partial charge on any atom is -0.354 e. The summed E-state index contributed by atoms with van der Waals surface area (Å²) in [6, 6.07) is 7.42. The van der Waals surface area contributed by atoms with Crippen LogP contribution in [0.1, 0.15) is 70.8 Å². The van der Waals surface area contributed by atoms with Gasteiger partial charge in [-0.2, -0.15) is 0 Å². The van der Waals surface area contributed by atoms with Crippen LogP contribution in [0.25, 0.3) is 0 Å². The number of nitrogens with one attached hydrogen (secondary N) is 1. The van der Waals surface area contributed by atoms with Gasteiger partial charge in [-0.25, -0.2) is 0 Å². The van der Waals surface area contributed by atoms with Gasteiger partial charge in [0.25, 0.3) is 5.91 Å². The summed E-state index contributed by atoms with van der Waals surface area (Å²) < 4.78 is 0. The predicted octanol–water partition coefficient (Wildman–Crippen LogP) is 4.44. The van der Waals surface area contributed by atoms with Crippen LogP contribution in [0.3, 0.4) is 0 Å². The van der Waals surface area contributed by atoms with Crippen LogP contribution in [-0.4, -0.2) is 40.4 Å². The van der Waals surface area contributed by atoms with Gasteiger partial charge in [-0.1, -0.05) is 60.6 Å². The molecule has 27 heavy (non-hydrogen) atoms. The second-order valence-electron chi connectivity index (χ2n) is 9.40. The lowest BCUT2D eigenvalue weighted by molar-refractivity contribution is -0.125. The van der Waals surface area contributed by atoms with Crippen LogP contribution in [0.15, 0.2) is 24.3 Å². The lowest BCUT2D eigenvalue weighted by Gasteiger charge is -2.36. The normalized spacial score (nSPS) is 20.6. The molecule has 1 aliphatic heterocycles. The Hall–Kier alpha value is -1.49. The monoisotopic (exact) mass is 390 g/mol. The molecule has 0 spiro atoms. The highest BCUT2D eigenvalue weighted by Crippen LogP contribution is 2.41. The Morgan fingerprint density at radius 3 is 2.19 bits per heavy atom. The Kier molecular flexibility index (Phi) is 6.67. The highest BCUT2D eigenvalue weighted by Gasteiger charge is 2.46. The standard InChI is InChI=1S/C22H34N2O2S/c1-8-13-23-18(25)17-14-27-20(22(5,6)7)24(17)19(26)15-9-11-16(12-10-15)21(2,3)4/h9-12,17,20H,8,13-14H2,1-7H3,(H,23,25). The third kappa shape index (κ3) is 5.07. The summed E-state index contributed by atoms with van der Waals surface area (Å²) in [6.07, 6.45) is 0.885. The third-order valence-electron chi connectivity index (χ3n) is 4.83. The number of hydrogen-bond donors (Lipinski definition) is 1. The van der Waals surface area contributed by atoms with E-state index >= 15 is 0 Å². The maximum Gasteiger partial charge on any atom is 0.255 e. The quantitative estimate of drug-likeness (QED) is 0.827. The summed E-state index contributed by atoms with van der Waals surface area (Å²) in [5.41, 5.74) is 1.78. The highest BCUT2D eigenvalue weighted by atomic mass is 32.2. The minimum atomic E-state index is -0.416. The Morgan fingerprint density at radius 1 is 1.11 bits per heavy atom. The summed E-state index contributed by atoms with van der Waals surface area (Å²) in [7, 11) is 0. The van der Waals surface area contributed by atoms with Gasteiger partial charge in [-0.15, -0.1) is 11.8 Å². The molecule has 1 aliphatic rings. The SMILES string of the molecule is CCCNC(=O)C1CSC(C(C)(C)C)N1C(=O)c1ccc(C(C)(C)C)cc1. The molecule has 1 aromatic rings. The van der Waals surface area contributed by atoms with Crippen molar-refractivity contribution in [2.45, 2.75) is 71.7 Å². The van der Waals surface area contributed by atoms with E-state index in [1.807, 2.05) is 36.1 Å². The van der Waals surface area contributed by atoms with Crippen molar-refractivity contribution in [1.29, 1.82) is 0 Å². The zero-order valence-electron chi connectivity index (χ0n) is 17.8. The number of rotatable bonds is 4. The Labute approximate surface area is 168 Å². The van der Waals surface area contributed by atoms with E-state index in [2.05, 4.69) is 46.9 Å². The first-order valence-corrected chi connectivity index (χ1v) is 10.8. The van der Waals surface area contributed by atoms with Crippen LogP contribution in [0.4, 0.5) is 0 Å². The van der Waals surface area contributed by atoms with Crippen molar-refractivity contribution < 1.29 is 9.59 Å². The predicted molar refractivity (Wildman–Crippen MR) is 114 cm³/mol. The first kappa shape index (κ1) is 21.8. The number of carbonyl (C=O) groups is 2. The molecule has 1 aromatic carbocycles. The van der Waals surface area contributed by atoms with Crippen molar-refractivity contribution in [2.75, 3.05) is 12.3 Å². The van der Waals surface area contributed by atoms with Gasteiger partial charge in [0.1, 0.15) is 6.04 Å². The molecule has 1 fully saturated rings. The number of amides is 2. The van der Waals surface area contributed by atoms with Gasteiger partial charge in [0.05, 0.1) is 5.37 Å². The molecule has 0 aromatic heterocycles. The van der Waals surface area contributed by atoms with Gasteiger partial charge in [0.2, 0.25) is 5.91 Å². The van der Waals surface area contributed by atoms with Crippen LogP contribution in [0.5, 0.6) is 0 Å². The topological polar surface area (TPSA) is 49.4 Å². The molecule has 1 N–H and O–H groups in total. The molecule has 0 aliphatic carbocycles. The average Bonchev–Trinajstić information content (AvgIpc) is 3.03. The number of carbonyl (C=O) groups excluding carboxylic acids is 2. The number of thioether (sulfide) groups is 1. The summed E-state index contributed by atoms with van der Waals surface area (Å²) in [5.74, 6) is 0.538. The molecule has 150 valence electrons. The van der Waals surface area contributed by atoms with E-state index in [0.717, 1.165) is 6.42 Å². The average molecular weight is 391 g/mol. The molecule has 0 radical (unpaired) electrons. The van der Waals surface area contributed by atoms with E-state index in [1.54, 1.807) is 11.8 Å². The van der Waals surface area contributed by atoms with E-state index in [-0.39, 0.29) is 28.0 Å². The largest absolute Gasteiger partial charge is 0.354 e. The van der Waals surface area contributed by atoms with Gasteiger partial charge >= 0.3 is 0 Å². The molecule has 4 nitrogen and oxygen atoms in total. The van der Waals surface area contributed by atoms with Gasteiger partial charge in [0, 0.05) is 17.9 Å². The van der Waals surface area contributed by atoms with E-state index < -0.39 is 6.04 Å². The van der Waals surface area contributed by atoms with Crippen molar-refractivity contribution in [3.05, 3.63) is 35.4 Å². The van der Waals surface area contributed by atoms with Crippen molar-refractivity contribution in [2.24, 2.45) is 5.41 Å². The second-order valence-corrected chi connectivity index (χ2v) is 10.5. The summed E-state index contributed by atoms with van der Waals surface area (Å²) in [5, 5.41) is 2.94. The van der Waals surface area contributed by atoms with Crippen LogP contribution in [0, 0.1) is 5.41 Å². The molecule has 2 amide bonds. The van der Waals surface area contributed by atoms with Crippen LogP contribution >= 0.6 is 11.8 Å². The van der Waals surface area contributed by atoms with Gasteiger partial charge in [-0.05, 0) is 34.9 Å². The molecule has 0 saturated carbocycles. The fourth-order valence-corrected chi connectivity index (χ4v) is 4.83. The van der Waals surface area contributed by atoms with Crippen LogP contribution in [-0.2, 0) is 10.2 Å². The molecule has 5 heteroatoms. The summed E-state index contributed by atoms with van der Waals surface area (Å²) in [4.78, 5) is 27.9. The molecule has 2 unspecified atom stereocenters. The fourth-order valence-electron chi connectivity index (χ4n) is 3.25. The van der Waals surface area contributed by atoms with E-state index in [4.69, 9.17) is 0 Å². The van der Waals surface area contributed by atoms with E-state index in [9.17, 15) is 9.59 Å². The van der Waals surface area contributed by atoms with Crippen molar-refractivity contribution in [3.63, 3.8) is 0 Å². The van der Waals surface area contributed by atoms with Gasteiger partial charge < -0.3 is 10.2 Å². The van der Waals surface area contributed by atoms with Crippen molar-refractivity contribution in [1.82, 2.24) is 10.2 Å². The molecular formula is C22H34N2O2S. The fraction of sp³-hybridized carbons (Fsp3) is 0.636. The Balaban J connectivity index is 2.32. The zero-order valence-corrected chi connectivity index (χ0v) is 18.6. The van der Waals surface area contributed by atoms with Crippen LogP contribution < -0.4 is 5.32 Å². The second kappa shape index (κ2) is 8.26. The Bertz CT molecular complexity index is 671. The van der Waals surface area contributed by atoms with E-state index in [0.29, 0.717) is 17.9 Å². The number of hydrogen-bond acceptors (Lipinski definition) is 3. The molecule has 0 bridgehead atoms. The molecule has 2 rings (SSSR count). The van der Waals surface area contributed by atoms with Crippen LogP contribution in [0.2, 0.25) is 0 Å². The molecule has 1 heterocycles. The molecular weight excluding hydrogens is 356 g/mol. The lowest BCUT2D eigenvalue weighted by Crippen LogP contribution is -2.52. The summed E-state index contributed by atoms with van der Waals surface area (Å²) in [6.45, 7) is 15.5. The smallest absolute Gasteiger partial charge is 0.255 e. The molecule has 1 saturated heterocycles. The van der Waals surface area contributed by atoms with Crippen molar-refractivity contribution in [3.8, 4) is 0 Å². The van der Waals surface area contributed by atoms with Gasteiger partial charge in [0.15, 0.2) is 0 Å². The number of nitrogens with zero attached hydrogens (tertiary/aromatic N) is 1. The first-order valence-electron chi connectivity index (χ1n) is 9.79. The maximum atomic E-state index is 13.4. The minimum absolute atomic E-state index is 0.0235. The van der Waals surface area contributed by atoms with Gasteiger partial charge in [-0.3, -0.25) is 9.59 Å². The Morgan fingerprint density at radius 2 is 1.70 bits per heavy atom. The lowest BCUT2D eigenvalue weighted by atomic mass is 9.86. The zero-order chi connectivity index (χ0) is 20.4.